The van der Waals surface area contributed by atoms with E-state index in [4.69, 9.17) is 23.7 Å². The summed E-state index contributed by atoms with van der Waals surface area (Å²) >= 11 is 0. The van der Waals surface area contributed by atoms with Crippen molar-refractivity contribution in [3.8, 4) is 86.2 Å². The lowest BCUT2D eigenvalue weighted by Gasteiger charge is -2.13. The van der Waals surface area contributed by atoms with Crippen molar-refractivity contribution < 1.29 is 109 Å². The Morgan fingerprint density at radius 3 is 1.07 bits per heavy atom. The van der Waals surface area contributed by atoms with Crippen LogP contribution in [-0.4, -0.2) is 102 Å². The number of H-pyrrole nitrogens is 1. The maximum Gasteiger partial charge on any atom is 0.361 e. The maximum atomic E-state index is 13.3. The van der Waals surface area contributed by atoms with Crippen LogP contribution in [0.15, 0.2) is 97.1 Å². The Morgan fingerprint density at radius 1 is 0.403 bits per heavy atom. The van der Waals surface area contributed by atoms with Gasteiger partial charge in [-0.15, -0.1) is 0 Å². The number of phenolic OH excluding ortho intramolecular Hbond substituents is 10. The monoisotopic (exact) mass is 990 g/mol. The lowest BCUT2D eigenvalue weighted by molar-refractivity contribution is 0.0684. The van der Waals surface area contributed by atoms with Gasteiger partial charge in [-0.2, -0.15) is 5.10 Å². The van der Waals surface area contributed by atoms with Crippen molar-refractivity contribution in [1.29, 1.82) is 0 Å². The number of esters is 5. The van der Waals surface area contributed by atoms with Crippen molar-refractivity contribution >= 4 is 35.8 Å². The van der Waals surface area contributed by atoms with E-state index in [1.807, 2.05) is 30.3 Å². The molecule has 1 aromatic heterocycles. The van der Waals surface area contributed by atoms with E-state index >= 15 is 0 Å². The Bertz CT molecular complexity index is 3350. The summed E-state index contributed by atoms with van der Waals surface area (Å²) in [7, 11) is 0. The van der Waals surface area contributed by atoms with Crippen LogP contribution in [0, 0.1) is 0 Å². The van der Waals surface area contributed by atoms with Crippen LogP contribution in [0.3, 0.4) is 0 Å². The molecule has 72 heavy (non-hydrogen) atoms. The molecule has 0 aliphatic carbocycles. The van der Waals surface area contributed by atoms with E-state index < -0.39 is 150 Å². The molecule has 0 fully saturated rings. The molecule has 24 nitrogen and oxygen atoms in total. The molecule has 0 saturated heterocycles. The molecular formula is C48H34N2O22. The number of rotatable bonds is 15. The zero-order chi connectivity index (χ0) is 52.1. The minimum atomic E-state index is -1.58. The lowest BCUT2D eigenvalue weighted by atomic mass is 10.1. The fourth-order valence-corrected chi connectivity index (χ4v) is 6.45. The number of aryl methyl sites for hydroxylation is 2. The van der Waals surface area contributed by atoms with Gasteiger partial charge in [-0.3, -0.25) is 5.10 Å². The zero-order valence-corrected chi connectivity index (χ0v) is 36.2. The molecule has 24 heteroatoms. The first-order valence-electron chi connectivity index (χ1n) is 20.4. The van der Waals surface area contributed by atoms with E-state index in [2.05, 4.69) is 10.2 Å². The minimum absolute atomic E-state index is 0.141. The highest BCUT2D eigenvalue weighted by Crippen LogP contribution is 2.43. The predicted octanol–water partition coefficient (Wildman–Crippen LogP) is 5.44. The van der Waals surface area contributed by atoms with Crippen molar-refractivity contribution in [2.75, 3.05) is 0 Å². The van der Waals surface area contributed by atoms with E-state index in [0.29, 0.717) is 73.1 Å². The van der Waals surface area contributed by atoms with Crippen molar-refractivity contribution in [2.45, 2.75) is 19.3 Å². The number of hydrogen-bond acceptors (Lipinski definition) is 22. The molecule has 0 saturated carbocycles. The average Bonchev–Trinajstić information content (AvgIpc) is 3.82. The molecule has 12 N–H and O–H groups in total. The summed E-state index contributed by atoms with van der Waals surface area (Å²) in [5.41, 5.74) is -1.86. The smallest absolute Gasteiger partial charge is 0.361 e. The molecule has 0 amide bonds. The molecule has 0 bridgehead atoms. The number of aromatic amines is 1. The van der Waals surface area contributed by atoms with Crippen molar-refractivity contribution in [2.24, 2.45) is 0 Å². The Morgan fingerprint density at radius 2 is 0.722 bits per heavy atom. The van der Waals surface area contributed by atoms with Crippen molar-refractivity contribution in [3.63, 3.8) is 0 Å². The van der Waals surface area contributed by atoms with Crippen LogP contribution in [0.4, 0.5) is 0 Å². The minimum Gasteiger partial charge on any atom is -0.504 e. The van der Waals surface area contributed by atoms with Crippen molar-refractivity contribution in [1.82, 2.24) is 10.2 Å². The van der Waals surface area contributed by atoms with Crippen LogP contribution >= 0.6 is 0 Å². The van der Waals surface area contributed by atoms with Gasteiger partial charge in [0.15, 0.2) is 57.5 Å². The highest BCUT2D eigenvalue weighted by molar-refractivity contribution is 5.98. The second-order valence-corrected chi connectivity index (χ2v) is 15.1. The average molecular weight is 991 g/mol. The number of aromatic carboxylic acids is 1. The van der Waals surface area contributed by atoms with Gasteiger partial charge in [-0.25, -0.2) is 28.8 Å². The van der Waals surface area contributed by atoms with Gasteiger partial charge in [-0.05, 0) is 91.6 Å². The number of hydrogen-bond donors (Lipinski definition) is 12. The highest BCUT2D eigenvalue weighted by Gasteiger charge is 2.27. The summed E-state index contributed by atoms with van der Waals surface area (Å²) < 4.78 is 25.5. The van der Waals surface area contributed by atoms with Crippen LogP contribution in [0.25, 0.3) is 0 Å². The SMILES string of the molecule is O=C(O)c1cc(O)c(O)c(OC(=O)c2cc(O)c(O)c(OC(=O)c3cc(O)c(O)c(OC(=O)c4cc(O)c(O)c(OC(=O)c5cc(O)c(O)c(OC(=O)c6cc(CCCc7ccccc7)n[nH]6)c5)c4)c3)c2)c1. The van der Waals surface area contributed by atoms with Gasteiger partial charge in [0.05, 0.1) is 33.5 Å². The molecule has 0 atom stereocenters. The number of aromatic nitrogens is 2. The van der Waals surface area contributed by atoms with Gasteiger partial charge < -0.3 is 79.9 Å². The number of ether oxygens (including phenoxy) is 5. The summed E-state index contributed by atoms with van der Waals surface area (Å²) in [6, 6.07) is 17.6. The molecule has 0 radical (unpaired) electrons. The number of carbonyl (C=O) groups excluding carboxylic acids is 5. The number of carboxylic acid groups (broad SMARTS) is 1. The van der Waals surface area contributed by atoms with Gasteiger partial charge in [0.25, 0.3) is 0 Å². The molecule has 368 valence electrons. The van der Waals surface area contributed by atoms with Crippen molar-refractivity contribution in [3.05, 3.63) is 142 Å². The second-order valence-electron chi connectivity index (χ2n) is 15.1. The summed E-state index contributed by atoms with van der Waals surface area (Å²) in [4.78, 5) is 77.1. The molecule has 0 unspecified atom stereocenters. The van der Waals surface area contributed by atoms with Gasteiger partial charge in [0.2, 0.25) is 28.7 Å². The standard InChI is InChI=1S/C48H34N2O22/c51-28-9-21(43(61)62)14-33(38(28)56)68-44(63)22-10-29(52)39(57)34(15-22)69-45(64)23-11-30(53)40(58)35(16-23)70-46(65)24-12-31(54)41(59)36(17-24)71-47(66)25-13-32(55)42(60)37(18-25)72-48(67)27-19-26(49-50-27)8-4-7-20-5-2-1-3-6-20/h1-3,5-6,9-19,51-60H,4,7-8H2,(H,49,50)(H,61,62). The summed E-state index contributed by atoms with van der Waals surface area (Å²) in [6.45, 7) is 0. The van der Waals surface area contributed by atoms with Crippen LogP contribution in [-0.2, 0) is 12.8 Å². The van der Waals surface area contributed by atoms with Gasteiger partial charge >= 0.3 is 35.8 Å². The Kier molecular flexibility index (Phi) is 13.9. The number of carboxylic acids is 1. The third-order valence-electron chi connectivity index (χ3n) is 10.1. The Balaban J connectivity index is 1.04. The fourth-order valence-electron chi connectivity index (χ4n) is 6.45. The third-order valence-corrected chi connectivity index (χ3v) is 10.1. The molecule has 0 aliphatic rings. The topological polar surface area (TPSA) is 400 Å². The first-order chi connectivity index (χ1) is 34.2. The molecule has 7 aromatic rings. The van der Waals surface area contributed by atoms with E-state index in [-0.39, 0.29) is 5.69 Å². The normalized spacial score (nSPS) is 10.8. The van der Waals surface area contributed by atoms with Crippen LogP contribution in [0.5, 0.6) is 86.2 Å². The lowest BCUT2D eigenvalue weighted by Crippen LogP contribution is -2.14. The van der Waals surface area contributed by atoms with E-state index in [0.717, 1.165) is 18.1 Å². The van der Waals surface area contributed by atoms with Gasteiger partial charge in [0, 0.05) is 0 Å². The first kappa shape index (κ1) is 49.3. The van der Waals surface area contributed by atoms with Crippen LogP contribution < -0.4 is 23.7 Å². The quantitative estimate of drug-likeness (QED) is 0.0346. The van der Waals surface area contributed by atoms with E-state index in [1.165, 1.54) is 6.07 Å². The molecule has 0 spiro atoms. The summed E-state index contributed by atoms with van der Waals surface area (Å²) in [5, 5.41) is 119. The summed E-state index contributed by atoms with van der Waals surface area (Å²) in [6.07, 6.45) is 1.94. The van der Waals surface area contributed by atoms with Gasteiger partial charge in [-0.1, -0.05) is 30.3 Å². The van der Waals surface area contributed by atoms with Gasteiger partial charge in [0.1, 0.15) is 5.69 Å². The maximum absolute atomic E-state index is 13.3. The second kappa shape index (κ2) is 20.3. The molecule has 6 aromatic carbocycles. The molecule has 7 rings (SSSR count). The molecule has 0 aliphatic heterocycles. The zero-order valence-electron chi connectivity index (χ0n) is 36.2. The molecular weight excluding hydrogens is 957 g/mol. The van der Waals surface area contributed by atoms with Crippen LogP contribution in [0.2, 0.25) is 0 Å². The number of carbonyl (C=O) groups is 6. The third kappa shape index (κ3) is 10.9. The highest BCUT2D eigenvalue weighted by atomic mass is 16.6. The first-order valence-corrected chi connectivity index (χ1v) is 20.4. The largest absolute Gasteiger partial charge is 0.504 e. The number of nitrogens with zero attached hydrogens (tertiary/aromatic N) is 1. The van der Waals surface area contributed by atoms with E-state index in [1.54, 1.807) is 0 Å². The summed E-state index contributed by atoms with van der Waals surface area (Å²) in [5.74, 6) is -23.6. The van der Waals surface area contributed by atoms with E-state index in [9.17, 15) is 84.9 Å². The predicted molar refractivity (Wildman–Crippen MR) is 238 cm³/mol. The number of aromatic hydroxyl groups is 10. The number of benzene rings is 6. The number of nitrogens with one attached hydrogen (secondary N) is 1. The number of phenols is 10. The Hall–Kier alpha value is -10.7. The Labute approximate surface area is 401 Å². The van der Waals surface area contributed by atoms with Crippen LogP contribution in [0.1, 0.15) is 80.0 Å². The fraction of sp³-hybridized carbons (Fsp3) is 0.0625. The molecule has 1 heterocycles.